The van der Waals surface area contributed by atoms with Crippen LogP contribution in [0.25, 0.3) is 0 Å². The fourth-order valence-corrected chi connectivity index (χ4v) is 10.6. The number of benzene rings is 1. The Morgan fingerprint density at radius 1 is 0.872 bits per heavy atom. The van der Waals surface area contributed by atoms with Crippen LogP contribution >= 0.6 is 0 Å². The fourth-order valence-electron chi connectivity index (χ4n) is 10.6. The largest absolute Gasteiger partial charge is 0.458 e. The van der Waals surface area contributed by atoms with Crippen LogP contribution < -0.4 is 0 Å². The molecule has 0 aromatic heterocycles. The average molecular weight is 541 g/mol. The highest BCUT2D eigenvalue weighted by Gasteiger charge is 2.69. The highest BCUT2D eigenvalue weighted by Crippen LogP contribution is 2.70. The summed E-state index contributed by atoms with van der Waals surface area (Å²) in [7, 11) is 0. The lowest BCUT2D eigenvalue weighted by molar-refractivity contribution is -0.269. The minimum Gasteiger partial charge on any atom is -0.458 e. The molecule has 0 bridgehead atoms. The van der Waals surface area contributed by atoms with E-state index < -0.39 is 17.7 Å². The fraction of sp³-hybridized carbons (Fsp3) is 0.781. The van der Waals surface area contributed by atoms with Gasteiger partial charge in [-0.2, -0.15) is 0 Å². The maximum atomic E-state index is 13.4. The topological polar surface area (TPSA) is 83.5 Å². The van der Waals surface area contributed by atoms with Crippen molar-refractivity contribution in [3.05, 3.63) is 35.9 Å². The van der Waals surface area contributed by atoms with E-state index in [9.17, 15) is 9.90 Å². The van der Waals surface area contributed by atoms with Crippen LogP contribution in [0.3, 0.4) is 0 Å². The number of ether oxygens (including phenoxy) is 5. The average Bonchev–Trinajstić information content (AvgIpc) is 3.64. The Labute approximate surface area is 231 Å². The molecule has 1 aromatic carbocycles. The smallest absolute Gasteiger partial charge is 0.338 e. The van der Waals surface area contributed by atoms with Crippen molar-refractivity contribution < 1.29 is 33.6 Å². The molecule has 2 saturated heterocycles. The number of hydrogen-bond donors (Lipinski definition) is 1. The van der Waals surface area contributed by atoms with Crippen molar-refractivity contribution in [3.8, 4) is 0 Å². The van der Waals surface area contributed by atoms with Crippen LogP contribution in [0.1, 0.15) is 76.1 Å². The van der Waals surface area contributed by atoms with Gasteiger partial charge in [0.05, 0.1) is 38.1 Å². The predicted octanol–water partition coefficient (Wildman–Crippen LogP) is 4.96. The zero-order valence-electron chi connectivity index (χ0n) is 23.6. The molecule has 39 heavy (non-hydrogen) atoms. The summed E-state index contributed by atoms with van der Waals surface area (Å²) >= 11 is 0. The van der Waals surface area contributed by atoms with Gasteiger partial charge in [-0.3, -0.25) is 0 Å². The lowest BCUT2D eigenvalue weighted by Crippen LogP contribution is -2.64. The zero-order valence-corrected chi connectivity index (χ0v) is 23.6. The minimum absolute atomic E-state index is 0.0634. The predicted molar refractivity (Wildman–Crippen MR) is 143 cm³/mol. The van der Waals surface area contributed by atoms with E-state index in [2.05, 4.69) is 20.8 Å². The van der Waals surface area contributed by atoms with Crippen LogP contribution in [0.5, 0.6) is 0 Å². The summed E-state index contributed by atoms with van der Waals surface area (Å²) in [5, 5.41) is 12.0. The first-order valence-electron chi connectivity index (χ1n) is 15.2. The molecule has 1 N–H and O–H groups in total. The van der Waals surface area contributed by atoms with Crippen LogP contribution in [0.15, 0.2) is 30.3 Å². The summed E-state index contributed by atoms with van der Waals surface area (Å²) in [6, 6.07) is 9.32. The summed E-state index contributed by atoms with van der Waals surface area (Å²) < 4.78 is 31.2. The highest BCUT2D eigenvalue weighted by molar-refractivity contribution is 5.89. The highest BCUT2D eigenvalue weighted by atomic mass is 16.7. The van der Waals surface area contributed by atoms with Gasteiger partial charge >= 0.3 is 5.97 Å². The molecule has 7 rings (SSSR count). The Kier molecular flexibility index (Phi) is 6.26. The van der Waals surface area contributed by atoms with Gasteiger partial charge in [0.25, 0.3) is 0 Å². The first kappa shape index (κ1) is 26.4. The van der Waals surface area contributed by atoms with E-state index in [1.54, 1.807) is 0 Å². The SMILES string of the molecule is CC1(C2CCC3C4C[C@@H](OC(=O)c5ccccc5)[C@@H]5CC6(CCC5(C)C4[C@H](O)CC32C)OCCO6)OCCO1. The van der Waals surface area contributed by atoms with Crippen molar-refractivity contribution in [2.45, 2.75) is 89.5 Å². The molecule has 0 radical (unpaired) electrons. The number of fused-ring (bicyclic) bond motifs is 5. The second kappa shape index (κ2) is 9.25. The maximum Gasteiger partial charge on any atom is 0.338 e. The molecule has 6 unspecified atom stereocenters. The van der Waals surface area contributed by atoms with E-state index in [0.717, 1.165) is 38.5 Å². The maximum absolute atomic E-state index is 13.4. The lowest BCUT2D eigenvalue weighted by Gasteiger charge is -2.64. The number of aliphatic hydroxyl groups is 1. The summed E-state index contributed by atoms with van der Waals surface area (Å²) in [5.41, 5.74) is 0.316. The number of carbonyl (C=O) groups is 1. The Morgan fingerprint density at radius 3 is 2.28 bits per heavy atom. The van der Waals surface area contributed by atoms with E-state index in [0.29, 0.717) is 44.3 Å². The van der Waals surface area contributed by atoms with Crippen molar-refractivity contribution in [1.29, 1.82) is 0 Å². The zero-order chi connectivity index (χ0) is 27.0. The summed E-state index contributed by atoms with van der Waals surface area (Å²) in [6.07, 6.45) is 5.41. The van der Waals surface area contributed by atoms with Gasteiger partial charge < -0.3 is 28.8 Å². The molecule has 6 fully saturated rings. The number of aliphatic hydroxyl groups excluding tert-OH is 1. The Bertz CT molecular complexity index is 1080. The molecule has 4 saturated carbocycles. The van der Waals surface area contributed by atoms with E-state index in [-0.39, 0.29) is 46.6 Å². The van der Waals surface area contributed by atoms with Gasteiger partial charge in [0.1, 0.15) is 6.10 Å². The van der Waals surface area contributed by atoms with Crippen molar-refractivity contribution in [2.75, 3.05) is 26.4 Å². The molecule has 4 aliphatic carbocycles. The van der Waals surface area contributed by atoms with E-state index >= 15 is 0 Å². The van der Waals surface area contributed by atoms with Gasteiger partial charge in [-0.25, -0.2) is 4.79 Å². The molecule has 0 amide bonds. The van der Waals surface area contributed by atoms with Gasteiger partial charge in [-0.15, -0.1) is 0 Å². The first-order valence-corrected chi connectivity index (χ1v) is 15.2. The molecule has 6 aliphatic rings. The van der Waals surface area contributed by atoms with Crippen LogP contribution in [-0.2, 0) is 23.7 Å². The molecule has 7 heteroatoms. The molecule has 9 atom stereocenters. The third kappa shape index (κ3) is 3.98. The van der Waals surface area contributed by atoms with Crippen molar-refractivity contribution in [3.63, 3.8) is 0 Å². The van der Waals surface area contributed by atoms with Crippen molar-refractivity contribution in [2.24, 2.45) is 40.4 Å². The summed E-state index contributed by atoms with van der Waals surface area (Å²) in [5.74, 6) is -0.306. The van der Waals surface area contributed by atoms with Crippen LogP contribution in [0, 0.1) is 40.4 Å². The van der Waals surface area contributed by atoms with Crippen LogP contribution in [0.2, 0.25) is 0 Å². The second-order valence-electron chi connectivity index (χ2n) is 13.9. The third-order valence-corrected chi connectivity index (χ3v) is 12.2. The van der Waals surface area contributed by atoms with Gasteiger partial charge in [0.15, 0.2) is 11.6 Å². The molecule has 1 spiro atoms. The number of hydrogen-bond acceptors (Lipinski definition) is 7. The molecular weight excluding hydrogens is 496 g/mol. The molecular formula is C32H44O7. The van der Waals surface area contributed by atoms with Crippen molar-refractivity contribution in [1.82, 2.24) is 0 Å². The van der Waals surface area contributed by atoms with E-state index in [4.69, 9.17) is 23.7 Å². The van der Waals surface area contributed by atoms with E-state index in [1.807, 2.05) is 30.3 Å². The molecule has 2 aliphatic heterocycles. The quantitative estimate of drug-likeness (QED) is 0.543. The number of rotatable bonds is 3. The second-order valence-corrected chi connectivity index (χ2v) is 13.9. The van der Waals surface area contributed by atoms with Gasteiger partial charge in [-0.1, -0.05) is 32.0 Å². The molecule has 7 nitrogen and oxygen atoms in total. The molecule has 1 aromatic rings. The van der Waals surface area contributed by atoms with Crippen LogP contribution in [-0.4, -0.2) is 61.3 Å². The van der Waals surface area contributed by atoms with Gasteiger partial charge in [0, 0.05) is 24.7 Å². The summed E-state index contributed by atoms with van der Waals surface area (Å²) in [4.78, 5) is 13.4. The van der Waals surface area contributed by atoms with Gasteiger partial charge in [-0.05, 0) is 79.7 Å². The number of esters is 1. The normalized spacial score (nSPS) is 45.9. The van der Waals surface area contributed by atoms with E-state index in [1.165, 1.54) is 0 Å². The van der Waals surface area contributed by atoms with Gasteiger partial charge in [0.2, 0.25) is 0 Å². The Hall–Kier alpha value is -1.51. The monoisotopic (exact) mass is 540 g/mol. The summed E-state index contributed by atoms with van der Waals surface area (Å²) in [6.45, 7) is 9.29. The Balaban J connectivity index is 1.24. The first-order chi connectivity index (χ1) is 18.7. The number of carbonyl (C=O) groups excluding carboxylic acids is 1. The molecule has 2 heterocycles. The third-order valence-electron chi connectivity index (χ3n) is 12.2. The lowest BCUT2D eigenvalue weighted by atomic mass is 9.43. The minimum atomic E-state index is -0.593. The standard InChI is InChI=1S/C32H44O7/c1-29-11-12-32(37-15-16-38-32)18-23(29)25(39-28(34)20-7-5-4-6-8-20)17-21-22-9-10-26(31(3)35-13-14-36-31)30(22,2)19-24(33)27(21)29/h4-8,21-27,33H,9-19H2,1-3H3/t21?,22?,23-,24+,25+,26?,27?,29?,30?/m0/s1. The van der Waals surface area contributed by atoms with Crippen LogP contribution in [0.4, 0.5) is 0 Å². The molecule has 214 valence electrons. The Morgan fingerprint density at radius 2 is 1.56 bits per heavy atom. The van der Waals surface area contributed by atoms with Crippen molar-refractivity contribution >= 4 is 5.97 Å².